The van der Waals surface area contributed by atoms with Gasteiger partial charge in [0.2, 0.25) is 0 Å². The summed E-state index contributed by atoms with van der Waals surface area (Å²) in [6, 6.07) is 16.3. The third-order valence-corrected chi connectivity index (χ3v) is 4.30. The van der Waals surface area contributed by atoms with Crippen LogP contribution in [0.4, 0.5) is 0 Å². The quantitative estimate of drug-likeness (QED) is 0.489. The predicted molar refractivity (Wildman–Crippen MR) is 91.3 cm³/mol. The van der Waals surface area contributed by atoms with E-state index in [-0.39, 0.29) is 12.0 Å². The van der Waals surface area contributed by atoms with Gasteiger partial charge in [0.25, 0.3) is 0 Å². The van der Waals surface area contributed by atoms with Gasteiger partial charge < -0.3 is 10.1 Å². The lowest BCUT2D eigenvalue weighted by Crippen LogP contribution is -2.16. The third kappa shape index (κ3) is 3.62. The third-order valence-electron chi connectivity index (χ3n) is 4.30. The Kier molecular flexibility index (Phi) is 5.09. The Hall–Kier alpha value is -2.13. The van der Waals surface area contributed by atoms with Crippen LogP contribution < -0.4 is 10.1 Å². The SMILES string of the molecule is CCCCCC(=O)Oc1ccccc1C1NCc2ccccc21. The van der Waals surface area contributed by atoms with Crippen LogP contribution in [0.25, 0.3) is 0 Å². The number of para-hydroxylation sites is 1. The zero-order valence-corrected chi connectivity index (χ0v) is 13.5. The molecule has 0 spiro atoms. The van der Waals surface area contributed by atoms with Crippen LogP contribution in [0, 0.1) is 0 Å². The number of nitrogens with one attached hydrogen (secondary N) is 1. The van der Waals surface area contributed by atoms with Crippen molar-refractivity contribution in [1.29, 1.82) is 0 Å². The lowest BCUT2D eigenvalue weighted by molar-refractivity contribution is -0.134. The van der Waals surface area contributed by atoms with Crippen LogP contribution >= 0.6 is 0 Å². The maximum Gasteiger partial charge on any atom is 0.311 e. The molecule has 0 fully saturated rings. The maximum absolute atomic E-state index is 12.1. The Bertz CT molecular complexity index is 681. The number of fused-ring (bicyclic) bond motifs is 1. The van der Waals surface area contributed by atoms with Gasteiger partial charge in [-0.1, -0.05) is 62.2 Å². The van der Waals surface area contributed by atoms with Crippen LogP contribution in [0.1, 0.15) is 55.3 Å². The molecule has 3 heteroatoms. The van der Waals surface area contributed by atoms with Crippen LogP contribution in [-0.4, -0.2) is 5.97 Å². The van der Waals surface area contributed by atoms with Crippen LogP contribution in [-0.2, 0) is 11.3 Å². The minimum Gasteiger partial charge on any atom is -0.426 e. The van der Waals surface area contributed by atoms with E-state index in [4.69, 9.17) is 4.74 Å². The topological polar surface area (TPSA) is 38.3 Å². The van der Waals surface area contributed by atoms with Crippen LogP contribution in [0.3, 0.4) is 0 Å². The van der Waals surface area contributed by atoms with E-state index in [9.17, 15) is 4.79 Å². The van der Waals surface area contributed by atoms with Gasteiger partial charge >= 0.3 is 5.97 Å². The number of hydrogen-bond acceptors (Lipinski definition) is 3. The summed E-state index contributed by atoms with van der Waals surface area (Å²) >= 11 is 0. The van der Waals surface area contributed by atoms with E-state index in [1.54, 1.807) is 0 Å². The van der Waals surface area contributed by atoms with E-state index in [0.717, 1.165) is 31.4 Å². The largest absolute Gasteiger partial charge is 0.426 e. The zero-order chi connectivity index (χ0) is 16.1. The highest BCUT2D eigenvalue weighted by Gasteiger charge is 2.25. The van der Waals surface area contributed by atoms with Gasteiger partial charge in [-0.15, -0.1) is 0 Å². The molecule has 0 saturated heterocycles. The predicted octanol–water partition coefficient (Wildman–Crippen LogP) is 4.36. The summed E-state index contributed by atoms with van der Waals surface area (Å²) in [6.45, 7) is 2.98. The molecule has 1 aliphatic rings. The van der Waals surface area contributed by atoms with Gasteiger partial charge in [0.1, 0.15) is 5.75 Å². The molecule has 1 unspecified atom stereocenters. The van der Waals surface area contributed by atoms with Crippen LogP contribution in [0.5, 0.6) is 5.75 Å². The van der Waals surface area contributed by atoms with Crippen LogP contribution in [0.2, 0.25) is 0 Å². The molecule has 0 aromatic heterocycles. The van der Waals surface area contributed by atoms with Gasteiger partial charge in [0.05, 0.1) is 6.04 Å². The first kappa shape index (κ1) is 15.8. The highest BCUT2D eigenvalue weighted by atomic mass is 16.5. The van der Waals surface area contributed by atoms with Crippen molar-refractivity contribution in [3.63, 3.8) is 0 Å². The number of hydrogen-bond donors (Lipinski definition) is 1. The summed E-state index contributed by atoms with van der Waals surface area (Å²) in [5.74, 6) is 0.528. The standard InChI is InChI=1S/C20H23NO2/c1-2-3-4-13-19(22)23-18-12-8-7-11-17(18)20-16-10-6-5-9-15(16)14-21-20/h5-12,20-21H,2-4,13-14H2,1H3. The Labute approximate surface area is 137 Å². The maximum atomic E-state index is 12.1. The van der Waals surface area contributed by atoms with E-state index in [1.165, 1.54) is 11.1 Å². The van der Waals surface area contributed by atoms with Crippen molar-refractivity contribution in [1.82, 2.24) is 5.32 Å². The van der Waals surface area contributed by atoms with Crippen molar-refractivity contribution in [2.75, 3.05) is 0 Å². The fourth-order valence-corrected chi connectivity index (χ4v) is 3.08. The summed E-state index contributed by atoms with van der Waals surface area (Å²) in [4.78, 5) is 12.1. The molecular weight excluding hydrogens is 286 g/mol. The smallest absolute Gasteiger partial charge is 0.311 e. The number of unbranched alkanes of at least 4 members (excludes halogenated alkanes) is 2. The number of carbonyl (C=O) groups is 1. The van der Waals surface area contributed by atoms with Crippen molar-refractivity contribution in [3.05, 3.63) is 65.2 Å². The van der Waals surface area contributed by atoms with Gasteiger partial charge in [-0.2, -0.15) is 0 Å². The number of ether oxygens (including phenoxy) is 1. The van der Waals surface area contributed by atoms with Gasteiger partial charge in [-0.25, -0.2) is 0 Å². The minimum absolute atomic E-state index is 0.0887. The average Bonchev–Trinajstić information content (AvgIpc) is 2.99. The van der Waals surface area contributed by atoms with Crippen molar-refractivity contribution in [3.8, 4) is 5.75 Å². The van der Waals surface area contributed by atoms with Gasteiger partial charge in [-0.05, 0) is 23.6 Å². The van der Waals surface area contributed by atoms with Gasteiger partial charge in [-0.3, -0.25) is 4.79 Å². The average molecular weight is 309 g/mol. The van der Waals surface area contributed by atoms with Crippen molar-refractivity contribution in [2.45, 2.75) is 45.2 Å². The molecule has 1 N–H and O–H groups in total. The summed E-state index contributed by atoms with van der Waals surface area (Å²) < 4.78 is 5.64. The zero-order valence-electron chi connectivity index (χ0n) is 13.5. The van der Waals surface area contributed by atoms with Crippen LogP contribution in [0.15, 0.2) is 48.5 Å². The molecular formula is C20H23NO2. The fraction of sp³-hybridized carbons (Fsp3) is 0.350. The first-order valence-electron chi connectivity index (χ1n) is 8.40. The first-order chi connectivity index (χ1) is 11.3. The van der Waals surface area contributed by atoms with Crippen molar-refractivity contribution >= 4 is 5.97 Å². The van der Waals surface area contributed by atoms with Crippen molar-refractivity contribution < 1.29 is 9.53 Å². The summed E-state index contributed by atoms with van der Waals surface area (Å²) in [5.41, 5.74) is 3.60. The molecule has 0 saturated carbocycles. The van der Waals surface area contributed by atoms with E-state index < -0.39 is 0 Å². The molecule has 3 nitrogen and oxygen atoms in total. The lowest BCUT2D eigenvalue weighted by Gasteiger charge is -2.17. The van der Waals surface area contributed by atoms with E-state index in [0.29, 0.717) is 12.2 Å². The normalized spacial score (nSPS) is 16.1. The molecule has 2 aromatic rings. The van der Waals surface area contributed by atoms with E-state index >= 15 is 0 Å². The number of benzene rings is 2. The Morgan fingerprint density at radius 2 is 1.83 bits per heavy atom. The molecule has 0 aliphatic carbocycles. The Morgan fingerprint density at radius 1 is 1.09 bits per heavy atom. The number of rotatable bonds is 6. The Morgan fingerprint density at radius 3 is 2.65 bits per heavy atom. The molecule has 120 valence electrons. The molecule has 3 rings (SSSR count). The first-order valence-corrected chi connectivity index (χ1v) is 8.40. The second kappa shape index (κ2) is 7.42. The molecule has 1 atom stereocenters. The monoisotopic (exact) mass is 309 g/mol. The highest BCUT2D eigenvalue weighted by molar-refractivity contribution is 5.73. The fourth-order valence-electron chi connectivity index (χ4n) is 3.08. The van der Waals surface area contributed by atoms with Gasteiger partial charge in [0, 0.05) is 18.5 Å². The van der Waals surface area contributed by atoms with E-state index in [2.05, 4.69) is 36.5 Å². The number of carbonyl (C=O) groups excluding carboxylic acids is 1. The molecule has 0 amide bonds. The molecule has 1 heterocycles. The summed E-state index contributed by atoms with van der Waals surface area (Å²) in [6.07, 6.45) is 3.54. The summed E-state index contributed by atoms with van der Waals surface area (Å²) in [5, 5.41) is 3.51. The van der Waals surface area contributed by atoms with Crippen molar-refractivity contribution in [2.24, 2.45) is 0 Å². The second-order valence-electron chi connectivity index (χ2n) is 5.98. The van der Waals surface area contributed by atoms with Gasteiger partial charge in [0.15, 0.2) is 0 Å². The van der Waals surface area contributed by atoms with E-state index in [1.807, 2.05) is 24.3 Å². The minimum atomic E-state index is -0.141. The molecule has 1 aliphatic heterocycles. The molecule has 0 bridgehead atoms. The molecule has 2 aromatic carbocycles. The summed E-state index contributed by atoms with van der Waals surface area (Å²) in [7, 11) is 0. The molecule has 0 radical (unpaired) electrons. The number of esters is 1. The molecule has 23 heavy (non-hydrogen) atoms. The highest BCUT2D eigenvalue weighted by Crippen LogP contribution is 2.35. The second-order valence-corrected chi connectivity index (χ2v) is 5.98. The Balaban J connectivity index is 1.78. The lowest BCUT2D eigenvalue weighted by atomic mass is 9.98.